The summed E-state index contributed by atoms with van der Waals surface area (Å²) >= 11 is 6.18. The lowest BCUT2D eigenvalue weighted by Gasteiger charge is -2.19. The second-order valence-electron chi connectivity index (χ2n) is 5.15. The van der Waals surface area contributed by atoms with Crippen molar-refractivity contribution in [1.29, 1.82) is 0 Å². The first-order chi connectivity index (χ1) is 9.19. The van der Waals surface area contributed by atoms with E-state index in [0.717, 1.165) is 24.4 Å². The molecule has 0 aliphatic carbocycles. The van der Waals surface area contributed by atoms with Crippen LogP contribution in [0.15, 0.2) is 18.2 Å². The van der Waals surface area contributed by atoms with Gasteiger partial charge < -0.3 is 15.4 Å². The average molecular weight is 283 g/mol. The van der Waals surface area contributed by atoms with Crippen LogP contribution in [0, 0.1) is 0 Å². The summed E-state index contributed by atoms with van der Waals surface area (Å²) in [5.74, 6) is 0.750. The Kier molecular flexibility index (Phi) is 5.34. The number of rotatable bonds is 6. The van der Waals surface area contributed by atoms with Crippen LogP contribution < -0.4 is 15.4 Å². The molecule has 0 radical (unpaired) electrons. The van der Waals surface area contributed by atoms with Gasteiger partial charge >= 0.3 is 0 Å². The predicted octanol–water partition coefficient (Wildman–Crippen LogP) is 3.68. The fraction of sp³-hybridized carbons (Fsp3) is 0.600. The summed E-state index contributed by atoms with van der Waals surface area (Å²) in [7, 11) is 0. The highest BCUT2D eigenvalue weighted by Gasteiger charge is 2.17. The Morgan fingerprint density at radius 1 is 1.53 bits per heavy atom. The van der Waals surface area contributed by atoms with Gasteiger partial charge in [-0.15, -0.1) is 0 Å². The first-order valence-electron chi connectivity index (χ1n) is 7.11. The molecule has 0 saturated carbocycles. The van der Waals surface area contributed by atoms with Crippen LogP contribution in [0.25, 0.3) is 0 Å². The van der Waals surface area contributed by atoms with E-state index in [0.29, 0.717) is 23.7 Å². The van der Waals surface area contributed by atoms with Gasteiger partial charge in [-0.25, -0.2) is 0 Å². The zero-order valence-electron chi connectivity index (χ0n) is 11.7. The monoisotopic (exact) mass is 282 g/mol. The number of nitrogens with one attached hydrogen (secondary N) is 2. The molecule has 0 amide bonds. The Morgan fingerprint density at radius 3 is 3.00 bits per heavy atom. The lowest BCUT2D eigenvalue weighted by Crippen LogP contribution is -2.29. The Balaban J connectivity index is 1.89. The molecule has 2 N–H and O–H groups in total. The van der Waals surface area contributed by atoms with E-state index in [9.17, 15) is 0 Å². The molecule has 1 fully saturated rings. The van der Waals surface area contributed by atoms with Crippen LogP contribution in [0.4, 0.5) is 5.69 Å². The number of ether oxygens (including phenoxy) is 1. The molecule has 0 spiro atoms. The highest BCUT2D eigenvalue weighted by Crippen LogP contribution is 2.28. The van der Waals surface area contributed by atoms with Crippen LogP contribution in [-0.4, -0.2) is 25.2 Å². The number of anilines is 1. The van der Waals surface area contributed by atoms with E-state index < -0.39 is 0 Å². The topological polar surface area (TPSA) is 33.3 Å². The minimum absolute atomic E-state index is 0.435. The zero-order chi connectivity index (χ0) is 13.7. The summed E-state index contributed by atoms with van der Waals surface area (Å²) in [6.45, 7) is 5.96. The minimum Gasteiger partial charge on any atom is -0.492 e. The smallest absolute Gasteiger partial charge is 0.138 e. The maximum Gasteiger partial charge on any atom is 0.138 e. The lowest BCUT2D eigenvalue weighted by molar-refractivity contribution is 0.340. The Labute approximate surface area is 120 Å². The number of hydrogen-bond acceptors (Lipinski definition) is 3. The van der Waals surface area contributed by atoms with Gasteiger partial charge in [-0.05, 0) is 57.9 Å². The van der Waals surface area contributed by atoms with Gasteiger partial charge in [0.05, 0.1) is 11.6 Å². The molecule has 1 aliphatic rings. The fourth-order valence-corrected chi connectivity index (χ4v) is 2.83. The van der Waals surface area contributed by atoms with Crippen LogP contribution in [0.2, 0.25) is 5.02 Å². The van der Waals surface area contributed by atoms with Crippen molar-refractivity contribution < 1.29 is 4.74 Å². The highest BCUT2D eigenvalue weighted by molar-refractivity contribution is 6.32. The van der Waals surface area contributed by atoms with Gasteiger partial charge in [0, 0.05) is 17.8 Å². The Bertz CT molecular complexity index is 405. The fourth-order valence-electron chi connectivity index (χ4n) is 2.59. The van der Waals surface area contributed by atoms with Gasteiger partial charge in [0.15, 0.2) is 0 Å². The van der Waals surface area contributed by atoms with E-state index in [1.54, 1.807) is 0 Å². The molecule has 0 bridgehead atoms. The van der Waals surface area contributed by atoms with Crippen molar-refractivity contribution in [1.82, 2.24) is 5.32 Å². The van der Waals surface area contributed by atoms with Crippen molar-refractivity contribution in [2.75, 3.05) is 18.5 Å². The van der Waals surface area contributed by atoms with E-state index >= 15 is 0 Å². The molecule has 106 valence electrons. The molecule has 1 saturated heterocycles. The van der Waals surface area contributed by atoms with Gasteiger partial charge in [-0.1, -0.05) is 11.6 Å². The summed E-state index contributed by atoms with van der Waals surface area (Å²) in [4.78, 5) is 0. The molecule has 1 aliphatic heterocycles. The molecular formula is C15H23ClN2O. The van der Waals surface area contributed by atoms with E-state index in [1.165, 1.54) is 12.8 Å². The van der Waals surface area contributed by atoms with Crippen molar-refractivity contribution >= 4 is 17.3 Å². The summed E-state index contributed by atoms with van der Waals surface area (Å²) in [6.07, 6.45) is 3.73. The summed E-state index contributed by atoms with van der Waals surface area (Å²) in [5.41, 5.74) is 1.05. The lowest BCUT2D eigenvalue weighted by atomic mass is 10.1. The Morgan fingerprint density at radius 2 is 2.37 bits per heavy atom. The second-order valence-corrected chi connectivity index (χ2v) is 5.56. The van der Waals surface area contributed by atoms with Gasteiger partial charge in [0.25, 0.3) is 0 Å². The van der Waals surface area contributed by atoms with Crippen LogP contribution in [0.5, 0.6) is 5.75 Å². The van der Waals surface area contributed by atoms with Crippen LogP contribution in [0.1, 0.15) is 33.1 Å². The van der Waals surface area contributed by atoms with Crippen molar-refractivity contribution in [2.45, 2.75) is 45.2 Å². The summed E-state index contributed by atoms with van der Waals surface area (Å²) in [5, 5.41) is 7.69. The number of hydrogen-bond donors (Lipinski definition) is 2. The minimum atomic E-state index is 0.435. The van der Waals surface area contributed by atoms with Gasteiger partial charge in [0.2, 0.25) is 0 Å². The summed E-state index contributed by atoms with van der Waals surface area (Å²) in [6, 6.07) is 6.97. The second kappa shape index (κ2) is 7.01. The van der Waals surface area contributed by atoms with Crippen LogP contribution >= 0.6 is 11.6 Å². The molecular weight excluding hydrogens is 260 g/mol. The molecule has 4 heteroatoms. The third-order valence-electron chi connectivity index (χ3n) is 3.45. The van der Waals surface area contributed by atoms with Crippen molar-refractivity contribution in [3.05, 3.63) is 23.2 Å². The Hall–Kier alpha value is -0.930. The molecule has 2 rings (SSSR count). The summed E-state index contributed by atoms with van der Waals surface area (Å²) < 4.78 is 5.43. The predicted molar refractivity (Wildman–Crippen MR) is 81.3 cm³/mol. The number of benzene rings is 1. The number of halogens is 1. The van der Waals surface area contributed by atoms with E-state index in [1.807, 2.05) is 25.1 Å². The zero-order valence-corrected chi connectivity index (χ0v) is 12.5. The molecule has 1 heterocycles. The molecule has 2 atom stereocenters. The largest absolute Gasteiger partial charge is 0.492 e. The highest BCUT2D eigenvalue weighted by atomic mass is 35.5. The maximum atomic E-state index is 6.18. The first-order valence-corrected chi connectivity index (χ1v) is 7.49. The normalized spacial score (nSPS) is 20.3. The first kappa shape index (κ1) is 14.5. The standard InChI is InChI=1S/C15H23ClN2O/c1-3-19-15-7-6-13(10-14(15)16)18-11(2)9-12-5-4-8-17-12/h6-7,10-12,17-18H,3-5,8-9H2,1-2H3. The van der Waals surface area contributed by atoms with Gasteiger partial charge in [-0.3, -0.25) is 0 Å². The van der Waals surface area contributed by atoms with E-state index in [2.05, 4.69) is 17.6 Å². The quantitative estimate of drug-likeness (QED) is 0.835. The average Bonchev–Trinajstić information content (AvgIpc) is 2.85. The van der Waals surface area contributed by atoms with E-state index in [-0.39, 0.29) is 0 Å². The SMILES string of the molecule is CCOc1ccc(NC(C)CC2CCCN2)cc1Cl. The third-order valence-corrected chi connectivity index (χ3v) is 3.74. The van der Waals surface area contributed by atoms with Crippen LogP contribution in [-0.2, 0) is 0 Å². The molecule has 1 aromatic carbocycles. The van der Waals surface area contributed by atoms with Gasteiger partial charge in [-0.2, -0.15) is 0 Å². The molecule has 2 unspecified atom stereocenters. The van der Waals surface area contributed by atoms with E-state index in [4.69, 9.17) is 16.3 Å². The van der Waals surface area contributed by atoms with Crippen LogP contribution in [0.3, 0.4) is 0 Å². The van der Waals surface area contributed by atoms with Gasteiger partial charge in [0.1, 0.15) is 5.75 Å². The van der Waals surface area contributed by atoms with Crippen molar-refractivity contribution in [2.24, 2.45) is 0 Å². The third kappa shape index (κ3) is 4.29. The molecule has 0 aromatic heterocycles. The molecule has 1 aromatic rings. The van der Waals surface area contributed by atoms with Crippen molar-refractivity contribution in [3.8, 4) is 5.75 Å². The molecule has 3 nitrogen and oxygen atoms in total. The maximum absolute atomic E-state index is 6.18. The van der Waals surface area contributed by atoms with Crippen molar-refractivity contribution in [3.63, 3.8) is 0 Å². The molecule has 19 heavy (non-hydrogen) atoms.